The average molecular weight is 743 g/mol. The van der Waals surface area contributed by atoms with E-state index in [9.17, 15) is 10.2 Å². The molecule has 2 saturated heterocycles. The van der Waals surface area contributed by atoms with Gasteiger partial charge in [0, 0.05) is 50.4 Å². The third-order valence-electron chi connectivity index (χ3n) is 10.1. The van der Waals surface area contributed by atoms with Crippen molar-refractivity contribution < 1.29 is 19.0 Å². The first-order chi connectivity index (χ1) is 25.4. The molecule has 0 amide bonds. The van der Waals surface area contributed by atoms with E-state index in [0.717, 1.165) is 0 Å². The van der Waals surface area contributed by atoms with E-state index in [0.29, 0.717) is 121 Å². The number of β-amino-alcohol motifs (C(OH)–C–C–N with tert-alkyl or cyclic N) is 2. The Hall–Kier alpha value is -5.24. The van der Waals surface area contributed by atoms with E-state index in [2.05, 4.69) is 75.6 Å². The summed E-state index contributed by atoms with van der Waals surface area (Å²) in [6.07, 6.45) is 2.27. The zero-order valence-electron chi connectivity index (χ0n) is 31.9. The highest BCUT2D eigenvalue weighted by Crippen LogP contribution is 2.35. The van der Waals surface area contributed by atoms with E-state index < -0.39 is 16.6 Å². The van der Waals surface area contributed by atoms with E-state index in [1.807, 2.05) is 23.6 Å². The first-order valence-electron chi connectivity index (χ1n) is 18.2. The summed E-state index contributed by atoms with van der Waals surface area (Å²) in [5, 5.41) is 55.9. The molecule has 6 aromatic rings. The molecule has 2 N–H and O–H groups in total. The van der Waals surface area contributed by atoms with E-state index in [4.69, 9.17) is 28.8 Å². The van der Waals surface area contributed by atoms with Crippen molar-refractivity contribution in [1.82, 2.24) is 70.3 Å². The Morgan fingerprint density at radius 1 is 0.648 bits per heavy atom. The molecule has 0 saturated carbocycles. The number of aliphatic hydroxyl groups is 2. The first-order valence-corrected chi connectivity index (χ1v) is 18.2. The minimum absolute atomic E-state index is 0.171. The van der Waals surface area contributed by atoms with E-state index >= 15 is 0 Å². The lowest BCUT2D eigenvalue weighted by molar-refractivity contribution is 0.0833. The summed E-state index contributed by atoms with van der Waals surface area (Å²) in [5.74, 6) is 4.17. The molecule has 2 unspecified atom stereocenters. The van der Waals surface area contributed by atoms with E-state index in [1.165, 1.54) is 0 Å². The summed E-state index contributed by atoms with van der Waals surface area (Å²) in [5.41, 5.74) is -0.365. The van der Waals surface area contributed by atoms with Crippen LogP contribution in [0, 0.1) is 6.92 Å². The Morgan fingerprint density at radius 2 is 1.15 bits per heavy atom. The van der Waals surface area contributed by atoms with Crippen molar-refractivity contribution in [3.63, 3.8) is 0 Å². The van der Waals surface area contributed by atoms with Crippen molar-refractivity contribution in [2.45, 2.75) is 116 Å². The van der Waals surface area contributed by atoms with E-state index in [-0.39, 0.29) is 18.5 Å². The highest BCUT2D eigenvalue weighted by atomic mass is 16.4. The summed E-state index contributed by atoms with van der Waals surface area (Å²) in [6.45, 7) is 18.2. The smallest absolute Gasteiger partial charge is 0.238 e. The van der Waals surface area contributed by atoms with Gasteiger partial charge in [0.15, 0.2) is 34.0 Å². The SMILES string of the molecule is Cc1nnc(Cn2nnc3c(N4CCC(C)(O)C4)nc(C(C)(C)CCc4nnc(Cn5nnc6c(N7CCC(C)(O)C7)nc(C(C)(C)C)nc65)o4)nc32)o1. The average Bonchev–Trinajstić information content (AvgIpc) is 3.96. The molecule has 2 atom stereocenters. The Bertz CT molecular complexity index is 2330. The van der Waals surface area contributed by atoms with Gasteiger partial charge in [-0.1, -0.05) is 45.0 Å². The lowest BCUT2D eigenvalue weighted by atomic mass is 9.86. The van der Waals surface area contributed by atoms with Crippen LogP contribution < -0.4 is 9.80 Å². The van der Waals surface area contributed by atoms with Gasteiger partial charge in [0.1, 0.15) is 24.7 Å². The van der Waals surface area contributed by atoms with Gasteiger partial charge < -0.3 is 28.8 Å². The molecular formula is C34H46N16O4. The highest BCUT2D eigenvalue weighted by molar-refractivity contribution is 5.84. The van der Waals surface area contributed by atoms with Gasteiger partial charge in [-0.2, -0.15) is 0 Å². The third-order valence-corrected chi connectivity index (χ3v) is 10.1. The standard InChI is InChI=1S/C34H46N16O4/c1-19-39-41-21(53-19)15-49-28-24(44-45-49)26(48-14-12-34(8,52)18-48)36-30(38-28)32(5,6)10-9-20-40-42-22(54-20)16-50-27-23(43-46-50)25(35-29(37-27)31(2,3)4)47-13-11-33(7,51)17-47/h51-52H,9-18H2,1-8H3. The maximum absolute atomic E-state index is 10.8. The predicted molar refractivity (Wildman–Crippen MR) is 193 cm³/mol. The number of nitrogens with zero attached hydrogens (tertiary/aromatic N) is 16. The lowest BCUT2D eigenvalue weighted by Gasteiger charge is -2.25. The van der Waals surface area contributed by atoms with Crippen LogP contribution in [-0.4, -0.2) is 118 Å². The van der Waals surface area contributed by atoms with Gasteiger partial charge in [0.05, 0.1) is 11.2 Å². The fourth-order valence-corrected chi connectivity index (χ4v) is 6.87. The normalized spacial score (nSPS) is 21.1. The van der Waals surface area contributed by atoms with Gasteiger partial charge in [0.2, 0.25) is 23.6 Å². The number of aryl methyl sites for hydroxylation is 2. The van der Waals surface area contributed by atoms with Gasteiger partial charge >= 0.3 is 0 Å². The molecule has 54 heavy (non-hydrogen) atoms. The number of aromatic nitrogens is 14. The van der Waals surface area contributed by atoms with Crippen molar-refractivity contribution in [3.05, 3.63) is 35.2 Å². The Labute approximate surface area is 310 Å². The summed E-state index contributed by atoms with van der Waals surface area (Å²) in [4.78, 5) is 23.8. The van der Waals surface area contributed by atoms with Crippen molar-refractivity contribution in [3.8, 4) is 0 Å². The van der Waals surface area contributed by atoms with Crippen LogP contribution >= 0.6 is 0 Å². The largest absolute Gasteiger partial charge is 0.424 e. The van der Waals surface area contributed by atoms with Crippen molar-refractivity contribution in [2.75, 3.05) is 36.0 Å². The van der Waals surface area contributed by atoms with Crippen LogP contribution in [0.15, 0.2) is 8.83 Å². The second-order valence-electron chi connectivity index (χ2n) is 16.9. The van der Waals surface area contributed by atoms with Gasteiger partial charge in [-0.15, -0.1) is 30.6 Å². The van der Waals surface area contributed by atoms with Crippen LogP contribution in [0.2, 0.25) is 0 Å². The monoisotopic (exact) mass is 742 g/mol. The molecule has 8 rings (SSSR count). The second kappa shape index (κ2) is 12.7. The fourth-order valence-electron chi connectivity index (χ4n) is 6.87. The zero-order chi connectivity index (χ0) is 38.2. The molecule has 8 heterocycles. The Morgan fingerprint density at radius 3 is 1.65 bits per heavy atom. The number of fused-ring (bicyclic) bond motifs is 2. The van der Waals surface area contributed by atoms with Crippen LogP contribution in [0.5, 0.6) is 0 Å². The van der Waals surface area contributed by atoms with Gasteiger partial charge in [-0.25, -0.2) is 29.3 Å². The molecule has 20 heteroatoms. The van der Waals surface area contributed by atoms with Crippen LogP contribution in [0.4, 0.5) is 11.6 Å². The molecule has 0 aromatic carbocycles. The van der Waals surface area contributed by atoms with Crippen molar-refractivity contribution in [1.29, 1.82) is 0 Å². The van der Waals surface area contributed by atoms with Crippen LogP contribution in [0.25, 0.3) is 22.3 Å². The van der Waals surface area contributed by atoms with Crippen molar-refractivity contribution >= 4 is 34.0 Å². The minimum atomic E-state index is -0.849. The van der Waals surface area contributed by atoms with Crippen molar-refractivity contribution in [2.24, 2.45) is 0 Å². The summed E-state index contributed by atoms with van der Waals surface area (Å²) in [6, 6.07) is 0. The number of anilines is 2. The topological polar surface area (TPSA) is 238 Å². The summed E-state index contributed by atoms with van der Waals surface area (Å²) in [7, 11) is 0. The van der Waals surface area contributed by atoms with Crippen LogP contribution in [0.3, 0.4) is 0 Å². The number of hydrogen-bond donors (Lipinski definition) is 2. The summed E-state index contributed by atoms with van der Waals surface area (Å²) < 4.78 is 15.0. The minimum Gasteiger partial charge on any atom is -0.424 e. The number of rotatable bonds is 10. The zero-order valence-corrected chi connectivity index (χ0v) is 31.9. The molecular weight excluding hydrogens is 696 g/mol. The van der Waals surface area contributed by atoms with Gasteiger partial charge in [0.25, 0.3) is 0 Å². The number of hydrogen-bond acceptors (Lipinski definition) is 18. The molecule has 286 valence electrons. The molecule has 0 bridgehead atoms. The third kappa shape index (κ3) is 6.94. The summed E-state index contributed by atoms with van der Waals surface area (Å²) >= 11 is 0. The maximum atomic E-state index is 10.8. The molecule has 2 aliphatic heterocycles. The van der Waals surface area contributed by atoms with Crippen LogP contribution in [0.1, 0.15) is 103 Å². The quantitative estimate of drug-likeness (QED) is 0.204. The molecule has 0 spiro atoms. The van der Waals surface area contributed by atoms with Gasteiger partial charge in [-0.05, 0) is 33.1 Å². The second-order valence-corrected chi connectivity index (χ2v) is 16.9. The fraction of sp³-hybridized carbons (Fsp3) is 0.647. The highest BCUT2D eigenvalue weighted by Gasteiger charge is 2.37. The Balaban J connectivity index is 1.04. The molecule has 2 aliphatic rings. The van der Waals surface area contributed by atoms with E-state index in [1.54, 1.807) is 16.3 Å². The van der Waals surface area contributed by atoms with Crippen LogP contribution in [-0.2, 0) is 30.3 Å². The lowest BCUT2D eigenvalue weighted by Crippen LogP contribution is -2.31. The molecule has 20 nitrogen and oxygen atoms in total. The maximum Gasteiger partial charge on any atom is 0.238 e. The van der Waals surface area contributed by atoms with Gasteiger partial charge in [-0.3, -0.25) is 0 Å². The predicted octanol–water partition coefficient (Wildman–Crippen LogP) is 2.06. The molecule has 2 fully saturated rings. The first kappa shape index (κ1) is 35.8. The molecule has 0 radical (unpaired) electrons. The molecule has 6 aromatic heterocycles. The Kier molecular flexibility index (Phi) is 8.40. The molecule has 0 aliphatic carbocycles.